The molecule has 0 aliphatic heterocycles. The number of nitrogens with one attached hydrogen (secondary N) is 1. The quantitative estimate of drug-likeness (QED) is 0.798. The van der Waals surface area contributed by atoms with Crippen molar-refractivity contribution >= 4 is 5.78 Å². The highest BCUT2D eigenvalue weighted by atomic mass is 16.3. The van der Waals surface area contributed by atoms with E-state index in [1.807, 2.05) is 37.3 Å². The first-order valence-corrected chi connectivity index (χ1v) is 9.17. The lowest BCUT2D eigenvalue weighted by molar-refractivity contribution is -0.123. The Kier molecular flexibility index (Phi) is 7.77. The number of ketones is 1. The van der Waals surface area contributed by atoms with Crippen molar-refractivity contribution in [3.63, 3.8) is 0 Å². The van der Waals surface area contributed by atoms with Gasteiger partial charge in [-0.3, -0.25) is 4.79 Å². The van der Waals surface area contributed by atoms with E-state index < -0.39 is 6.10 Å². The molecule has 0 heterocycles. The summed E-state index contributed by atoms with van der Waals surface area (Å²) in [5, 5.41) is 13.6. The highest BCUT2D eigenvalue weighted by Crippen LogP contribution is 2.24. The molecule has 3 heteroatoms. The Morgan fingerprint density at radius 2 is 1.74 bits per heavy atom. The average Bonchev–Trinajstić information content (AvgIpc) is 2.54. The van der Waals surface area contributed by atoms with Crippen molar-refractivity contribution in [2.75, 3.05) is 6.54 Å². The summed E-state index contributed by atoms with van der Waals surface area (Å²) in [6, 6.07) is 9.63. The minimum absolute atomic E-state index is 0.0532. The lowest BCUT2D eigenvalue weighted by Gasteiger charge is -2.22. The van der Waals surface area contributed by atoms with Crippen LogP contribution >= 0.6 is 0 Å². The number of carbonyl (C=O) groups is 1. The molecule has 128 valence electrons. The van der Waals surface area contributed by atoms with E-state index in [2.05, 4.69) is 5.32 Å². The van der Waals surface area contributed by atoms with Gasteiger partial charge in [-0.2, -0.15) is 0 Å². The highest BCUT2D eigenvalue weighted by molar-refractivity contribution is 5.81. The van der Waals surface area contributed by atoms with Gasteiger partial charge >= 0.3 is 0 Å². The van der Waals surface area contributed by atoms with Crippen LogP contribution in [0, 0.1) is 5.92 Å². The normalized spacial score (nSPS) is 19.6. The van der Waals surface area contributed by atoms with Crippen LogP contribution in [0.2, 0.25) is 0 Å². The van der Waals surface area contributed by atoms with Gasteiger partial charge in [-0.25, -0.2) is 0 Å². The molecule has 0 radical (unpaired) electrons. The van der Waals surface area contributed by atoms with Crippen LogP contribution in [0.25, 0.3) is 0 Å². The molecule has 0 spiro atoms. The van der Waals surface area contributed by atoms with Gasteiger partial charge in [-0.15, -0.1) is 0 Å². The lowest BCUT2D eigenvalue weighted by atomic mass is 9.87. The Balaban J connectivity index is 1.71. The molecule has 1 aromatic carbocycles. The van der Waals surface area contributed by atoms with Gasteiger partial charge in [0, 0.05) is 24.9 Å². The molecule has 2 unspecified atom stereocenters. The Labute approximate surface area is 140 Å². The van der Waals surface area contributed by atoms with E-state index in [1.165, 1.54) is 32.1 Å². The highest BCUT2D eigenvalue weighted by Gasteiger charge is 2.20. The summed E-state index contributed by atoms with van der Waals surface area (Å²) < 4.78 is 0. The summed E-state index contributed by atoms with van der Waals surface area (Å²) in [5.74, 6) is 0.673. The van der Waals surface area contributed by atoms with Crippen LogP contribution < -0.4 is 5.32 Å². The van der Waals surface area contributed by atoms with E-state index in [1.54, 1.807) is 0 Å². The molecule has 0 aromatic heterocycles. The molecule has 2 atom stereocenters. The van der Waals surface area contributed by atoms with Crippen LogP contribution in [0.3, 0.4) is 0 Å². The van der Waals surface area contributed by atoms with Crippen molar-refractivity contribution in [2.45, 2.75) is 70.4 Å². The summed E-state index contributed by atoms with van der Waals surface area (Å²) in [7, 11) is 0. The van der Waals surface area contributed by atoms with Crippen LogP contribution in [0.1, 0.15) is 70.0 Å². The first-order chi connectivity index (χ1) is 11.2. The van der Waals surface area contributed by atoms with Crippen molar-refractivity contribution in [1.82, 2.24) is 5.32 Å². The SMILES string of the molecule is CC(NCCC(=O)C1CCCCCCC1)C(O)c1ccccc1. The fourth-order valence-corrected chi connectivity index (χ4v) is 3.46. The van der Waals surface area contributed by atoms with E-state index in [9.17, 15) is 9.90 Å². The maximum Gasteiger partial charge on any atom is 0.137 e. The molecule has 1 aliphatic rings. The lowest BCUT2D eigenvalue weighted by Crippen LogP contribution is -2.34. The topological polar surface area (TPSA) is 49.3 Å². The van der Waals surface area contributed by atoms with Crippen molar-refractivity contribution in [3.8, 4) is 0 Å². The minimum Gasteiger partial charge on any atom is -0.387 e. The number of Topliss-reactive ketones (excluding diaryl/α,β-unsaturated/α-hetero) is 1. The van der Waals surface area contributed by atoms with Gasteiger partial charge < -0.3 is 10.4 Å². The molecule has 2 N–H and O–H groups in total. The van der Waals surface area contributed by atoms with Crippen molar-refractivity contribution < 1.29 is 9.90 Å². The zero-order valence-electron chi connectivity index (χ0n) is 14.3. The summed E-state index contributed by atoms with van der Waals surface area (Å²) in [4.78, 5) is 12.4. The van der Waals surface area contributed by atoms with Gasteiger partial charge in [0.1, 0.15) is 5.78 Å². The number of hydrogen-bond donors (Lipinski definition) is 2. The van der Waals surface area contributed by atoms with Crippen LogP contribution in [0.15, 0.2) is 30.3 Å². The molecule has 1 aliphatic carbocycles. The zero-order valence-corrected chi connectivity index (χ0v) is 14.3. The molecule has 1 saturated carbocycles. The minimum atomic E-state index is -0.535. The van der Waals surface area contributed by atoms with E-state index in [4.69, 9.17) is 0 Å². The Bertz CT molecular complexity index is 452. The molecule has 0 saturated heterocycles. The first kappa shape index (κ1) is 18.2. The summed E-state index contributed by atoms with van der Waals surface area (Å²) in [5.41, 5.74) is 0.916. The van der Waals surface area contributed by atoms with Crippen LogP contribution in [-0.4, -0.2) is 23.5 Å². The van der Waals surface area contributed by atoms with Gasteiger partial charge in [0.25, 0.3) is 0 Å². The number of benzene rings is 1. The van der Waals surface area contributed by atoms with Gasteiger partial charge in [-0.05, 0) is 25.3 Å². The molecule has 23 heavy (non-hydrogen) atoms. The van der Waals surface area contributed by atoms with Crippen molar-refractivity contribution in [2.24, 2.45) is 5.92 Å². The first-order valence-electron chi connectivity index (χ1n) is 9.17. The number of rotatable bonds is 7. The zero-order chi connectivity index (χ0) is 16.5. The number of aliphatic hydroxyl groups is 1. The second-order valence-corrected chi connectivity index (χ2v) is 6.86. The molecule has 1 aromatic rings. The van der Waals surface area contributed by atoms with Crippen LogP contribution in [-0.2, 0) is 4.79 Å². The Morgan fingerprint density at radius 3 is 2.39 bits per heavy atom. The average molecular weight is 317 g/mol. The fourth-order valence-electron chi connectivity index (χ4n) is 3.46. The van der Waals surface area contributed by atoms with Gasteiger partial charge in [0.2, 0.25) is 0 Å². The second-order valence-electron chi connectivity index (χ2n) is 6.86. The van der Waals surface area contributed by atoms with E-state index >= 15 is 0 Å². The predicted molar refractivity (Wildman–Crippen MR) is 94.3 cm³/mol. The largest absolute Gasteiger partial charge is 0.387 e. The van der Waals surface area contributed by atoms with Gasteiger partial charge in [0.15, 0.2) is 0 Å². The molecule has 0 bridgehead atoms. The summed E-state index contributed by atoms with van der Waals surface area (Å²) in [6.45, 7) is 2.62. The second kappa shape index (κ2) is 9.84. The number of hydrogen-bond acceptors (Lipinski definition) is 3. The Hall–Kier alpha value is -1.19. The molecule has 3 nitrogen and oxygen atoms in total. The van der Waals surface area contributed by atoms with E-state index in [0.717, 1.165) is 18.4 Å². The summed E-state index contributed by atoms with van der Waals surface area (Å²) >= 11 is 0. The van der Waals surface area contributed by atoms with Crippen molar-refractivity contribution in [3.05, 3.63) is 35.9 Å². The van der Waals surface area contributed by atoms with Crippen molar-refractivity contribution in [1.29, 1.82) is 0 Å². The molecular formula is C20H31NO2. The third-order valence-corrected chi connectivity index (χ3v) is 5.01. The molecular weight excluding hydrogens is 286 g/mol. The predicted octanol–water partition coefficient (Wildman–Crippen LogP) is 4.02. The molecule has 1 fully saturated rings. The number of carbonyl (C=O) groups excluding carboxylic acids is 1. The van der Waals surface area contributed by atoms with Gasteiger partial charge in [0.05, 0.1) is 6.10 Å². The van der Waals surface area contributed by atoms with Crippen LogP contribution in [0.5, 0.6) is 0 Å². The number of aliphatic hydroxyl groups excluding tert-OH is 1. The van der Waals surface area contributed by atoms with Crippen LogP contribution in [0.4, 0.5) is 0 Å². The molecule has 0 amide bonds. The smallest absolute Gasteiger partial charge is 0.137 e. The monoisotopic (exact) mass is 317 g/mol. The maximum absolute atomic E-state index is 12.4. The standard InChI is InChI=1S/C20H31NO2/c1-16(20(23)18-12-8-5-9-13-18)21-15-14-19(22)17-10-6-3-2-4-7-11-17/h5,8-9,12-13,16-17,20-21,23H,2-4,6-7,10-11,14-15H2,1H3. The van der Waals surface area contributed by atoms with E-state index in [0.29, 0.717) is 18.7 Å². The third kappa shape index (κ3) is 6.08. The fraction of sp³-hybridized carbons (Fsp3) is 0.650. The Morgan fingerprint density at radius 1 is 1.13 bits per heavy atom. The van der Waals surface area contributed by atoms with E-state index in [-0.39, 0.29) is 12.0 Å². The summed E-state index contributed by atoms with van der Waals surface area (Å²) in [6.07, 6.45) is 8.48. The third-order valence-electron chi connectivity index (χ3n) is 5.01. The van der Waals surface area contributed by atoms with Gasteiger partial charge in [-0.1, -0.05) is 62.4 Å². The maximum atomic E-state index is 12.4. The molecule has 2 rings (SSSR count).